The Labute approximate surface area is 174 Å². The van der Waals surface area contributed by atoms with Gasteiger partial charge in [0, 0.05) is 33.6 Å². The van der Waals surface area contributed by atoms with Crippen molar-refractivity contribution in [2.75, 3.05) is 5.32 Å². The summed E-state index contributed by atoms with van der Waals surface area (Å²) in [6.07, 6.45) is 0. The maximum absolute atomic E-state index is 6.17. The second-order valence-corrected chi connectivity index (χ2v) is 7.54. The van der Waals surface area contributed by atoms with E-state index in [0.29, 0.717) is 0 Å². The number of rotatable bonds is 3. The number of benzene rings is 5. The summed E-state index contributed by atoms with van der Waals surface area (Å²) >= 11 is 0. The van der Waals surface area contributed by atoms with E-state index in [4.69, 9.17) is 4.42 Å². The first kappa shape index (κ1) is 16.9. The molecule has 0 fully saturated rings. The molecular weight excluding hydrogens is 366 g/mol. The third-order valence-electron chi connectivity index (χ3n) is 5.65. The molecule has 5 aromatic carbocycles. The molecule has 0 radical (unpaired) electrons. The van der Waals surface area contributed by atoms with Crippen LogP contribution in [0.25, 0.3) is 43.8 Å². The molecule has 2 heteroatoms. The van der Waals surface area contributed by atoms with Gasteiger partial charge in [-0.25, -0.2) is 0 Å². The third-order valence-corrected chi connectivity index (χ3v) is 5.65. The molecule has 0 saturated carbocycles. The zero-order valence-corrected chi connectivity index (χ0v) is 16.3. The summed E-state index contributed by atoms with van der Waals surface area (Å²) in [6, 6.07) is 37.9. The van der Waals surface area contributed by atoms with Gasteiger partial charge in [0.2, 0.25) is 0 Å². The van der Waals surface area contributed by atoms with Crippen molar-refractivity contribution in [3.8, 4) is 11.1 Å². The first-order valence-corrected chi connectivity index (χ1v) is 10.1. The first-order valence-electron chi connectivity index (χ1n) is 10.1. The van der Waals surface area contributed by atoms with Crippen molar-refractivity contribution in [3.63, 3.8) is 0 Å². The molecule has 1 aromatic heterocycles. The number of hydrogen-bond donors (Lipinski definition) is 1. The monoisotopic (exact) mass is 385 g/mol. The van der Waals surface area contributed by atoms with Gasteiger partial charge in [0.1, 0.15) is 11.2 Å². The van der Waals surface area contributed by atoms with Gasteiger partial charge in [0.25, 0.3) is 0 Å². The van der Waals surface area contributed by atoms with Crippen LogP contribution < -0.4 is 5.32 Å². The van der Waals surface area contributed by atoms with E-state index in [2.05, 4.69) is 108 Å². The lowest BCUT2D eigenvalue weighted by Gasteiger charge is -2.09. The summed E-state index contributed by atoms with van der Waals surface area (Å²) in [7, 11) is 0. The van der Waals surface area contributed by atoms with Gasteiger partial charge < -0.3 is 9.73 Å². The molecule has 30 heavy (non-hydrogen) atoms. The van der Waals surface area contributed by atoms with E-state index in [0.717, 1.165) is 33.3 Å². The summed E-state index contributed by atoms with van der Waals surface area (Å²) in [4.78, 5) is 0. The molecule has 0 saturated heterocycles. The maximum Gasteiger partial charge on any atom is 0.137 e. The summed E-state index contributed by atoms with van der Waals surface area (Å²) in [6.45, 7) is 0. The Hall–Kier alpha value is -4.04. The molecule has 0 unspecified atom stereocenters. The summed E-state index contributed by atoms with van der Waals surface area (Å²) in [5, 5.41) is 8.26. The molecule has 0 aliphatic rings. The average molecular weight is 385 g/mol. The van der Waals surface area contributed by atoms with E-state index in [-0.39, 0.29) is 0 Å². The summed E-state index contributed by atoms with van der Waals surface area (Å²) in [5.41, 5.74) is 6.32. The fraction of sp³-hybridized carbons (Fsp3) is 0. The molecule has 1 heterocycles. The minimum Gasteiger partial charge on any atom is -0.456 e. The van der Waals surface area contributed by atoms with Gasteiger partial charge in [-0.2, -0.15) is 0 Å². The van der Waals surface area contributed by atoms with Crippen LogP contribution in [0.1, 0.15) is 0 Å². The Balaban J connectivity index is 1.43. The van der Waals surface area contributed by atoms with Crippen LogP contribution in [0.5, 0.6) is 0 Å². The topological polar surface area (TPSA) is 25.2 Å². The van der Waals surface area contributed by atoms with Crippen molar-refractivity contribution < 1.29 is 4.42 Å². The zero-order valence-electron chi connectivity index (χ0n) is 16.3. The van der Waals surface area contributed by atoms with Crippen molar-refractivity contribution in [2.24, 2.45) is 0 Å². The van der Waals surface area contributed by atoms with Crippen LogP contribution in [-0.2, 0) is 0 Å². The second-order valence-electron chi connectivity index (χ2n) is 7.54. The molecular formula is C28H19NO. The van der Waals surface area contributed by atoms with E-state index >= 15 is 0 Å². The zero-order chi connectivity index (χ0) is 19.9. The van der Waals surface area contributed by atoms with Crippen LogP contribution in [0, 0.1) is 0 Å². The van der Waals surface area contributed by atoms with Gasteiger partial charge in [-0.1, -0.05) is 72.8 Å². The van der Waals surface area contributed by atoms with Gasteiger partial charge in [0.15, 0.2) is 0 Å². The van der Waals surface area contributed by atoms with Gasteiger partial charge in [0.05, 0.1) is 0 Å². The van der Waals surface area contributed by atoms with Gasteiger partial charge in [-0.3, -0.25) is 0 Å². The van der Waals surface area contributed by atoms with Gasteiger partial charge in [-0.05, 0) is 46.8 Å². The maximum atomic E-state index is 6.17. The predicted molar refractivity (Wildman–Crippen MR) is 126 cm³/mol. The minimum absolute atomic E-state index is 0.889. The molecule has 0 spiro atoms. The van der Waals surface area contributed by atoms with Crippen molar-refractivity contribution >= 4 is 44.1 Å². The van der Waals surface area contributed by atoms with E-state index in [1.54, 1.807) is 0 Å². The van der Waals surface area contributed by atoms with Gasteiger partial charge in [-0.15, -0.1) is 0 Å². The highest BCUT2D eigenvalue weighted by Gasteiger charge is 2.10. The van der Waals surface area contributed by atoms with Crippen molar-refractivity contribution in [1.29, 1.82) is 0 Å². The lowest BCUT2D eigenvalue weighted by Crippen LogP contribution is -1.91. The van der Waals surface area contributed by atoms with Crippen LogP contribution in [0.2, 0.25) is 0 Å². The predicted octanol–water partition coefficient (Wildman–Crippen LogP) is 8.15. The van der Waals surface area contributed by atoms with E-state index in [9.17, 15) is 0 Å². The molecule has 0 aliphatic heterocycles. The first-order chi connectivity index (χ1) is 14.8. The lowest BCUT2D eigenvalue weighted by atomic mass is 10.0. The smallest absolute Gasteiger partial charge is 0.137 e. The lowest BCUT2D eigenvalue weighted by molar-refractivity contribution is 0.669. The van der Waals surface area contributed by atoms with Crippen molar-refractivity contribution in [3.05, 3.63) is 109 Å². The molecule has 0 atom stereocenters. The Morgan fingerprint density at radius 3 is 2.27 bits per heavy atom. The van der Waals surface area contributed by atoms with Crippen molar-refractivity contribution in [1.82, 2.24) is 0 Å². The third kappa shape index (κ3) is 2.82. The Kier molecular flexibility index (Phi) is 3.82. The molecule has 142 valence electrons. The number of hydrogen-bond acceptors (Lipinski definition) is 2. The Morgan fingerprint density at radius 1 is 0.500 bits per heavy atom. The SMILES string of the molecule is c1ccc(-c2ccc3oc4cc(Nc5cccc6ccccc56)ccc4c3c2)cc1. The molecule has 0 bridgehead atoms. The summed E-state index contributed by atoms with van der Waals surface area (Å²) < 4.78 is 6.17. The van der Waals surface area contributed by atoms with Crippen molar-refractivity contribution in [2.45, 2.75) is 0 Å². The Morgan fingerprint density at radius 2 is 1.33 bits per heavy atom. The van der Waals surface area contributed by atoms with E-state index in [1.165, 1.54) is 21.9 Å². The number of furan rings is 1. The highest BCUT2D eigenvalue weighted by atomic mass is 16.3. The van der Waals surface area contributed by atoms with Crippen LogP contribution in [0.4, 0.5) is 11.4 Å². The second kappa shape index (κ2) is 6.78. The summed E-state index contributed by atoms with van der Waals surface area (Å²) in [5.74, 6) is 0. The van der Waals surface area contributed by atoms with Crippen LogP contribution in [0.15, 0.2) is 114 Å². The molecule has 0 amide bonds. The van der Waals surface area contributed by atoms with E-state index < -0.39 is 0 Å². The average Bonchev–Trinajstić information content (AvgIpc) is 3.17. The molecule has 1 N–H and O–H groups in total. The largest absolute Gasteiger partial charge is 0.456 e. The van der Waals surface area contributed by atoms with E-state index in [1.807, 2.05) is 6.07 Å². The Bertz CT molecular complexity index is 1510. The number of anilines is 2. The molecule has 6 rings (SSSR count). The van der Waals surface area contributed by atoms with Crippen LogP contribution in [0.3, 0.4) is 0 Å². The quantitative estimate of drug-likeness (QED) is 0.332. The van der Waals surface area contributed by atoms with Crippen LogP contribution >= 0.6 is 0 Å². The standard InChI is InChI=1S/C28H19NO/c1-2-7-19(8-3-1)21-13-16-27-25(17-21)24-15-14-22(18-28(24)30-27)29-26-12-6-10-20-9-4-5-11-23(20)26/h1-18,29H. The molecule has 2 nitrogen and oxygen atoms in total. The molecule has 6 aromatic rings. The fourth-order valence-electron chi connectivity index (χ4n) is 4.16. The normalized spacial score (nSPS) is 11.3. The minimum atomic E-state index is 0.889. The van der Waals surface area contributed by atoms with Crippen LogP contribution in [-0.4, -0.2) is 0 Å². The highest BCUT2D eigenvalue weighted by molar-refractivity contribution is 6.07. The number of fused-ring (bicyclic) bond motifs is 4. The number of nitrogens with one attached hydrogen (secondary N) is 1. The highest BCUT2D eigenvalue weighted by Crippen LogP contribution is 2.35. The molecule has 0 aliphatic carbocycles. The fourth-order valence-corrected chi connectivity index (χ4v) is 4.16. The van der Waals surface area contributed by atoms with Gasteiger partial charge >= 0.3 is 0 Å².